The van der Waals surface area contributed by atoms with Crippen LogP contribution in [0.3, 0.4) is 0 Å². The maximum Gasteiger partial charge on any atom is 0.371 e. The Labute approximate surface area is 250 Å². The van der Waals surface area contributed by atoms with Crippen molar-refractivity contribution in [2.45, 2.75) is 53.5 Å². The first kappa shape index (κ1) is 29.2. The highest BCUT2D eigenvalue weighted by atomic mass is 35.5. The van der Waals surface area contributed by atoms with Gasteiger partial charge in [0, 0.05) is 35.3 Å². The van der Waals surface area contributed by atoms with Gasteiger partial charge in [-0.25, -0.2) is 4.79 Å². The predicted molar refractivity (Wildman–Crippen MR) is 162 cm³/mol. The third kappa shape index (κ3) is 5.72. The van der Waals surface area contributed by atoms with Crippen molar-refractivity contribution in [2.24, 2.45) is 7.05 Å². The fraction of sp³-hybridized carbons (Fsp3) is 0.303. The summed E-state index contributed by atoms with van der Waals surface area (Å²) in [7, 11) is 1.94. The normalized spacial score (nSPS) is 12.5. The average Bonchev–Trinajstić information content (AvgIpc) is 3.64. The zero-order valence-corrected chi connectivity index (χ0v) is 25.2. The second-order valence-corrected chi connectivity index (χ2v) is 11.1. The SMILES string of the molecule is Cc1cc(OCCCC2=C(C(=O)NCc3ccc(C(=O)O)o3)Cc3c2cccc3-c2c(C)nn(C)c2C)cc(C)c1Cl. The minimum absolute atomic E-state index is 0.0886. The smallest absolute Gasteiger partial charge is 0.371 e. The van der Waals surface area contributed by atoms with Gasteiger partial charge in [-0.1, -0.05) is 29.8 Å². The molecular weight excluding hydrogens is 554 g/mol. The van der Waals surface area contributed by atoms with Crippen molar-refractivity contribution in [1.29, 1.82) is 0 Å². The number of carboxylic acid groups (broad SMARTS) is 1. The number of fused-ring (bicyclic) bond motifs is 1. The van der Waals surface area contributed by atoms with Crippen LogP contribution in [0.4, 0.5) is 0 Å². The molecule has 1 aliphatic rings. The summed E-state index contributed by atoms with van der Waals surface area (Å²) in [5.41, 5.74) is 9.96. The molecule has 0 radical (unpaired) electrons. The Hall–Kier alpha value is -4.30. The summed E-state index contributed by atoms with van der Waals surface area (Å²) in [5, 5.41) is 17.4. The van der Waals surface area contributed by atoms with Crippen molar-refractivity contribution >= 4 is 29.1 Å². The molecule has 8 nitrogen and oxygen atoms in total. The number of benzene rings is 2. The minimum atomic E-state index is -1.15. The van der Waals surface area contributed by atoms with Crippen LogP contribution in [-0.4, -0.2) is 33.4 Å². The van der Waals surface area contributed by atoms with E-state index in [2.05, 4.69) is 29.5 Å². The van der Waals surface area contributed by atoms with Gasteiger partial charge in [-0.05, 0) is 98.2 Å². The molecule has 2 N–H and O–H groups in total. The molecule has 1 amide bonds. The number of nitrogens with zero attached hydrogens (tertiary/aromatic N) is 2. The topological polar surface area (TPSA) is 107 Å². The second kappa shape index (κ2) is 11.9. The van der Waals surface area contributed by atoms with Crippen LogP contribution in [0.15, 0.2) is 52.5 Å². The molecule has 0 fully saturated rings. The summed E-state index contributed by atoms with van der Waals surface area (Å²) < 4.78 is 13.3. The van der Waals surface area contributed by atoms with E-state index in [-0.39, 0.29) is 18.2 Å². The Kier molecular flexibility index (Phi) is 8.27. The average molecular weight is 588 g/mol. The molecule has 0 spiro atoms. The first-order valence-electron chi connectivity index (χ1n) is 13.9. The van der Waals surface area contributed by atoms with E-state index in [1.807, 2.05) is 50.7 Å². The summed E-state index contributed by atoms with van der Waals surface area (Å²) in [6, 6.07) is 13.0. The molecule has 0 unspecified atom stereocenters. The molecule has 42 heavy (non-hydrogen) atoms. The number of aryl methyl sites for hydroxylation is 4. The van der Waals surface area contributed by atoms with E-state index >= 15 is 0 Å². The van der Waals surface area contributed by atoms with Crippen molar-refractivity contribution in [3.8, 4) is 16.9 Å². The largest absolute Gasteiger partial charge is 0.494 e. The van der Waals surface area contributed by atoms with Gasteiger partial charge in [0.1, 0.15) is 11.5 Å². The van der Waals surface area contributed by atoms with Crippen molar-refractivity contribution in [2.75, 3.05) is 6.61 Å². The van der Waals surface area contributed by atoms with Crippen LogP contribution in [0.2, 0.25) is 5.02 Å². The number of hydrogen-bond donors (Lipinski definition) is 2. The molecule has 4 aromatic rings. The minimum Gasteiger partial charge on any atom is -0.494 e. The van der Waals surface area contributed by atoms with Gasteiger partial charge in [-0.3, -0.25) is 9.48 Å². The lowest BCUT2D eigenvalue weighted by Crippen LogP contribution is -2.25. The molecule has 1 aliphatic carbocycles. The van der Waals surface area contributed by atoms with Gasteiger partial charge in [-0.15, -0.1) is 0 Å². The van der Waals surface area contributed by atoms with Gasteiger partial charge < -0.3 is 19.6 Å². The quantitative estimate of drug-likeness (QED) is 0.199. The zero-order chi connectivity index (χ0) is 30.1. The van der Waals surface area contributed by atoms with E-state index in [1.165, 1.54) is 6.07 Å². The number of aromatic carboxylic acids is 1. The van der Waals surface area contributed by atoms with E-state index in [0.717, 1.165) is 61.1 Å². The Morgan fingerprint density at radius 1 is 1.10 bits per heavy atom. The molecule has 0 aliphatic heterocycles. The monoisotopic (exact) mass is 587 g/mol. The number of allylic oxidation sites excluding steroid dienone is 1. The number of carbonyl (C=O) groups is 2. The van der Waals surface area contributed by atoms with E-state index < -0.39 is 5.97 Å². The highest BCUT2D eigenvalue weighted by Gasteiger charge is 2.29. The maximum atomic E-state index is 13.6. The number of halogens is 1. The molecule has 2 aromatic carbocycles. The Morgan fingerprint density at radius 3 is 2.45 bits per heavy atom. The standard InChI is InChI=1S/C33H34ClN3O5/c1-18-14-23(15-19(2)31(18)34)41-13-7-10-25-24-8-6-9-26(30-20(3)36-37(5)21(30)4)27(24)16-28(25)32(38)35-17-22-11-12-29(42-22)33(39)40/h6,8-9,11-12,14-15H,7,10,13,16-17H2,1-5H3,(H,35,38)(H,39,40). The van der Waals surface area contributed by atoms with E-state index in [0.29, 0.717) is 37.2 Å². The van der Waals surface area contributed by atoms with Gasteiger partial charge in [0.2, 0.25) is 11.7 Å². The second-order valence-electron chi connectivity index (χ2n) is 10.7. The van der Waals surface area contributed by atoms with Crippen molar-refractivity contribution in [3.63, 3.8) is 0 Å². The Morgan fingerprint density at radius 2 is 1.81 bits per heavy atom. The number of carbonyl (C=O) groups excluding carboxylic acids is 1. The number of rotatable bonds is 10. The summed E-state index contributed by atoms with van der Waals surface area (Å²) in [6.45, 7) is 8.55. The summed E-state index contributed by atoms with van der Waals surface area (Å²) in [4.78, 5) is 24.8. The zero-order valence-electron chi connectivity index (χ0n) is 24.4. The molecule has 0 saturated carbocycles. The Balaban J connectivity index is 1.40. The number of amides is 1. The lowest BCUT2D eigenvalue weighted by molar-refractivity contribution is -0.117. The molecule has 9 heteroatoms. The van der Waals surface area contributed by atoms with Gasteiger partial charge in [0.05, 0.1) is 18.8 Å². The van der Waals surface area contributed by atoms with Crippen LogP contribution in [0.1, 0.15) is 62.8 Å². The van der Waals surface area contributed by atoms with Crippen LogP contribution < -0.4 is 10.1 Å². The highest BCUT2D eigenvalue weighted by Crippen LogP contribution is 2.42. The van der Waals surface area contributed by atoms with Crippen molar-refractivity contribution < 1.29 is 23.8 Å². The van der Waals surface area contributed by atoms with Crippen LogP contribution in [-0.2, 0) is 24.8 Å². The first-order chi connectivity index (χ1) is 20.0. The maximum absolute atomic E-state index is 13.6. The fourth-order valence-corrected chi connectivity index (χ4v) is 5.81. The number of furan rings is 1. The molecule has 2 heterocycles. The van der Waals surface area contributed by atoms with Gasteiger partial charge in [-0.2, -0.15) is 5.10 Å². The highest BCUT2D eigenvalue weighted by molar-refractivity contribution is 6.32. The third-order valence-electron chi connectivity index (χ3n) is 7.82. The number of aromatic nitrogens is 2. The molecule has 2 aromatic heterocycles. The fourth-order valence-electron chi connectivity index (χ4n) is 5.70. The van der Waals surface area contributed by atoms with E-state index in [9.17, 15) is 9.59 Å². The first-order valence-corrected chi connectivity index (χ1v) is 14.3. The summed E-state index contributed by atoms with van der Waals surface area (Å²) >= 11 is 6.31. The van der Waals surface area contributed by atoms with Gasteiger partial charge in [0.25, 0.3) is 0 Å². The number of carboxylic acids is 1. The van der Waals surface area contributed by atoms with Crippen LogP contribution >= 0.6 is 11.6 Å². The van der Waals surface area contributed by atoms with Gasteiger partial charge in [0.15, 0.2) is 0 Å². The predicted octanol–water partition coefficient (Wildman–Crippen LogP) is 6.75. The van der Waals surface area contributed by atoms with Crippen LogP contribution in [0, 0.1) is 27.7 Å². The molecule has 5 rings (SSSR count). The summed E-state index contributed by atoms with van der Waals surface area (Å²) in [6.07, 6.45) is 1.84. The summed E-state index contributed by atoms with van der Waals surface area (Å²) in [5.74, 6) is -0.362. The van der Waals surface area contributed by atoms with Crippen LogP contribution in [0.25, 0.3) is 16.7 Å². The Bertz CT molecular complexity index is 1710. The van der Waals surface area contributed by atoms with Gasteiger partial charge >= 0.3 is 5.97 Å². The van der Waals surface area contributed by atoms with Crippen molar-refractivity contribution in [3.05, 3.63) is 98.2 Å². The van der Waals surface area contributed by atoms with E-state index in [1.54, 1.807) is 6.07 Å². The lowest BCUT2D eigenvalue weighted by Gasteiger charge is -2.13. The molecular formula is C33H34ClN3O5. The third-order valence-corrected chi connectivity index (χ3v) is 8.41. The number of ether oxygens (including phenoxy) is 1. The lowest BCUT2D eigenvalue weighted by atomic mass is 9.93. The number of nitrogens with one attached hydrogen (secondary N) is 1. The molecule has 218 valence electrons. The van der Waals surface area contributed by atoms with Crippen molar-refractivity contribution in [1.82, 2.24) is 15.1 Å². The molecule has 0 atom stereocenters. The number of hydrogen-bond acceptors (Lipinski definition) is 5. The molecule has 0 bridgehead atoms. The van der Waals surface area contributed by atoms with E-state index in [4.69, 9.17) is 25.9 Å². The van der Waals surface area contributed by atoms with Crippen LogP contribution in [0.5, 0.6) is 5.75 Å². The molecule has 0 saturated heterocycles.